The zero-order valence-corrected chi connectivity index (χ0v) is 14.6. The molecule has 7 nitrogen and oxygen atoms in total. The lowest BCUT2D eigenvalue weighted by Gasteiger charge is -2.01. The Kier molecular flexibility index (Phi) is 4.18. The van der Waals surface area contributed by atoms with Crippen molar-refractivity contribution in [3.63, 3.8) is 0 Å². The predicted molar refractivity (Wildman–Crippen MR) is 98.7 cm³/mol. The molecule has 130 valence electrons. The molecule has 0 spiro atoms. The maximum atomic E-state index is 10.9. The maximum Gasteiger partial charge on any atom is 0.335 e. The van der Waals surface area contributed by atoms with Gasteiger partial charge in [-0.3, -0.25) is 0 Å². The minimum Gasteiger partial charge on any atom is -0.497 e. The van der Waals surface area contributed by atoms with Gasteiger partial charge in [-0.15, -0.1) is 10.2 Å². The second-order valence-corrected chi connectivity index (χ2v) is 6.56. The van der Waals surface area contributed by atoms with Crippen LogP contribution in [-0.4, -0.2) is 38.4 Å². The Hall–Kier alpha value is -3.13. The Labute approximate surface area is 152 Å². The van der Waals surface area contributed by atoms with Crippen LogP contribution in [0.4, 0.5) is 0 Å². The number of rotatable bonds is 5. The summed E-state index contributed by atoms with van der Waals surface area (Å²) < 4.78 is 5.25. The molecule has 4 rings (SSSR count). The summed E-state index contributed by atoms with van der Waals surface area (Å²) in [6.45, 7) is 0. The molecule has 2 N–H and O–H groups in total. The lowest BCUT2D eigenvalue weighted by molar-refractivity contribution is 0.0697. The number of hydrogen-bond donors (Lipinski definition) is 2. The molecule has 0 aliphatic carbocycles. The van der Waals surface area contributed by atoms with E-state index in [-0.39, 0.29) is 5.56 Å². The monoisotopic (exact) mass is 366 g/mol. The van der Waals surface area contributed by atoms with Crippen molar-refractivity contribution in [1.29, 1.82) is 0 Å². The number of carboxylic acid groups (broad SMARTS) is 1. The number of fused-ring (bicyclic) bond motifs is 3. The van der Waals surface area contributed by atoms with Crippen LogP contribution in [0.2, 0.25) is 0 Å². The van der Waals surface area contributed by atoms with Gasteiger partial charge in [0.05, 0.1) is 12.7 Å². The fourth-order valence-corrected chi connectivity index (χ4v) is 3.36. The summed E-state index contributed by atoms with van der Waals surface area (Å²) in [5, 5.41) is 18.9. The van der Waals surface area contributed by atoms with Gasteiger partial charge >= 0.3 is 5.97 Å². The molecule has 0 bridgehead atoms. The lowest BCUT2D eigenvalue weighted by Crippen LogP contribution is -1.96. The van der Waals surface area contributed by atoms with Crippen LogP contribution >= 0.6 is 11.8 Å². The number of hydrogen-bond acceptors (Lipinski definition) is 6. The number of nitrogens with zero attached hydrogens (tertiary/aromatic N) is 3. The first-order chi connectivity index (χ1) is 12.6. The number of H-pyrrole nitrogens is 1. The molecule has 2 aromatic carbocycles. The van der Waals surface area contributed by atoms with Gasteiger partial charge in [0.15, 0.2) is 5.65 Å². The van der Waals surface area contributed by atoms with Crippen molar-refractivity contribution in [3.05, 3.63) is 53.6 Å². The van der Waals surface area contributed by atoms with E-state index in [4.69, 9.17) is 9.84 Å². The van der Waals surface area contributed by atoms with Crippen LogP contribution in [0.3, 0.4) is 0 Å². The van der Waals surface area contributed by atoms with Gasteiger partial charge in [-0.25, -0.2) is 9.78 Å². The van der Waals surface area contributed by atoms with Crippen molar-refractivity contribution in [2.45, 2.75) is 10.9 Å². The number of thioether (sulfide) groups is 1. The quantitative estimate of drug-likeness (QED) is 0.521. The molecule has 2 heterocycles. The van der Waals surface area contributed by atoms with Crippen molar-refractivity contribution < 1.29 is 14.6 Å². The summed E-state index contributed by atoms with van der Waals surface area (Å²) in [6.07, 6.45) is 0. The maximum absolute atomic E-state index is 10.9. The SMILES string of the molecule is COc1ccc2[nH]c3nc(SCc4ccc(C(=O)O)cc4)nnc3c2c1. The molecular weight excluding hydrogens is 352 g/mol. The van der Waals surface area contributed by atoms with Crippen molar-refractivity contribution in [2.24, 2.45) is 0 Å². The van der Waals surface area contributed by atoms with Crippen LogP contribution in [0, 0.1) is 0 Å². The first kappa shape index (κ1) is 16.3. The highest BCUT2D eigenvalue weighted by Gasteiger charge is 2.11. The smallest absolute Gasteiger partial charge is 0.335 e. The van der Waals surface area contributed by atoms with Crippen molar-refractivity contribution in [2.75, 3.05) is 7.11 Å². The number of carbonyl (C=O) groups is 1. The van der Waals surface area contributed by atoms with Crippen molar-refractivity contribution in [1.82, 2.24) is 20.2 Å². The Morgan fingerprint density at radius 1 is 1.19 bits per heavy atom. The molecule has 0 atom stereocenters. The molecule has 26 heavy (non-hydrogen) atoms. The van der Waals surface area contributed by atoms with Gasteiger partial charge in [0.25, 0.3) is 0 Å². The molecule has 0 radical (unpaired) electrons. The van der Waals surface area contributed by atoms with Crippen LogP contribution in [0.1, 0.15) is 15.9 Å². The van der Waals surface area contributed by atoms with Crippen LogP contribution in [0.5, 0.6) is 5.75 Å². The third kappa shape index (κ3) is 3.06. The number of benzene rings is 2. The molecular formula is C18H14N4O3S. The highest BCUT2D eigenvalue weighted by Crippen LogP contribution is 2.27. The summed E-state index contributed by atoms with van der Waals surface area (Å²) >= 11 is 1.44. The molecule has 0 aliphatic rings. The zero-order chi connectivity index (χ0) is 18.1. The average molecular weight is 366 g/mol. The van der Waals surface area contributed by atoms with Gasteiger partial charge in [-0.05, 0) is 35.9 Å². The van der Waals surface area contributed by atoms with E-state index in [1.807, 2.05) is 18.2 Å². The Morgan fingerprint density at radius 3 is 2.73 bits per heavy atom. The number of ether oxygens (including phenoxy) is 1. The largest absolute Gasteiger partial charge is 0.497 e. The first-order valence-electron chi connectivity index (χ1n) is 7.79. The number of aromatic carboxylic acids is 1. The summed E-state index contributed by atoms with van der Waals surface area (Å²) in [4.78, 5) is 18.7. The Balaban J connectivity index is 1.57. The molecule has 8 heteroatoms. The van der Waals surface area contributed by atoms with Gasteiger partial charge < -0.3 is 14.8 Å². The zero-order valence-electron chi connectivity index (χ0n) is 13.8. The topological polar surface area (TPSA) is 101 Å². The summed E-state index contributed by atoms with van der Waals surface area (Å²) in [6, 6.07) is 12.5. The number of aromatic amines is 1. The predicted octanol–water partition coefficient (Wildman–Crippen LogP) is 3.51. The fraction of sp³-hybridized carbons (Fsp3) is 0.111. The highest BCUT2D eigenvalue weighted by atomic mass is 32.2. The van der Waals surface area contributed by atoms with E-state index in [1.165, 1.54) is 11.8 Å². The normalized spacial score (nSPS) is 11.1. The summed E-state index contributed by atoms with van der Waals surface area (Å²) in [5.74, 6) is 0.447. The highest BCUT2D eigenvalue weighted by molar-refractivity contribution is 7.98. The molecule has 0 saturated heterocycles. The van der Waals surface area contributed by atoms with E-state index in [0.29, 0.717) is 22.1 Å². The minimum atomic E-state index is -0.933. The minimum absolute atomic E-state index is 0.270. The van der Waals surface area contributed by atoms with E-state index < -0.39 is 5.97 Å². The van der Waals surface area contributed by atoms with Gasteiger partial charge in [0.1, 0.15) is 11.3 Å². The molecule has 0 unspecified atom stereocenters. The van der Waals surface area contributed by atoms with E-state index >= 15 is 0 Å². The second-order valence-electron chi connectivity index (χ2n) is 5.62. The molecule has 4 aromatic rings. The van der Waals surface area contributed by atoms with Crippen LogP contribution in [0.15, 0.2) is 47.6 Å². The molecule has 0 aliphatic heterocycles. The first-order valence-corrected chi connectivity index (χ1v) is 8.78. The number of nitrogens with one attached hydrogen (secondary N) is 1. The number of carboxylic acids is 1. The molecule has 0 saturated carbocycles. The lowest BCUT2D eigenvalue weighted by atomic mass is 10.1. The Morgan fingerprint density at radius 2 is 2.00 bits per heavy atom. The van der Waals surface area contributed by atoms with Crippen LogP contribution < -0.4 is 4.74 Å². The fourth-order valence-electron chi connectivity index (χ4n) is 2.62. The standard InChI is InChI=1S/C18H14N4O3S/c1-25-12-6-7-14-13(8-12)15-16(19-14)20-18(22-21-15)26-9-10-2-4-11(5-3-10)17(23)24/h2-8H,9H2,1H3,(H,23,24)(H,19,20,22). The van der Waals surface area contributed by atoms with Crippen molar-refractivity contribution >= 4 is 39.8 Å². The van der Waals surface area contributed by atoms with Gasteiger partial charge in [0.2, 0.25) is 5.16 Å². The number of aromatic nitrogens is 4. The van der Waals surface area contributed by atoms with Crippen LogP contribution in [0.25, 0.3) is 22.1 Å². The van der Waals surface area contributed by atoms with E-state index in [0.717, 1.165) is 22.2 Å². The number of methoxy groups -OCH3 is 1. The summed E-state index contributed by atoms with van der Waals surface area (Å²) in [7, 11) is 1.62. The van der Waals surface area contributed by atoms with Gasteiger partial charge in [-0.2, -0.15) is 0 Å². The molecule has 0 fully saturated rings. The second kappa shape index (κ2) is 6.64. The van der Waals surface area contributed by atoms with Gasteiger partial charge in [0, 0.05) is 16.7 Å². The van der Waals surface area contributed by atoms with Crippen molar-refractivity contribution in [3.8, 4) is 5.75 Å². The third-order valence-electron chi connectivity index (χ3n) is 3.97. The van der Waals surface area contributed by atoms with Crippen LogP contribution in [-0.2, 0) is 5.75 Å². The van der Waals surface area contributed by atoms with Gasteiger partial charge in [-0.1, -0.05) is 23.9 Å². The Bertz CT molecular complexity index is 1110. The summed E-state index contributed by atoms with van der Waals surface area (Å²) in [5.41, 5.74) is 3.56. The average Bonchev–Trinajstić information content (AvgIpc) is 3.03. The third-order valence-corrected chi connectivity index (χ3v) is 4.88. The van der Waals surface area contributed by atoms with E-state index in [2.05, 4.69) is 20.2 Å². The van der Waals surface area contributed by atoms with E-state index in [9.17, 15) is 4.79 Å². The molecule has 2 aromatic heterocycles. The molecule has 0 amide bonds. The van der Waals surface area contributed by atoms with E-state index in [1.54, 1.807) is 31.4 Å².